The van der Waals surface area contributed by atoms with E-state index in [1.54, 1.807) is 16.8 Å². The number of nitrogens with zero attached hydrogens (tertiary/aromatic N) is 3. The summed E-state index contributed by atoms with van der Waals surface area (Å²) in [6.07, 6.45) is 2.77. The van der Waals surface area contributed by atoms with Gasteiger partial charge in [-0.1, -0.05) is 0 Å². The molecular weight excluding hydrogens is 378 g/mol. The van der Waals surface area contributed by atoms with Crippen LogP contribution in [0.4, 0.5) is 5.95 Å². The number of amides is 2. The minimum Gasteiger partial charge on any atom is -0.349 e. The van der Waals surface area contributed by atoms with Crippen LogP contribution >= 0.6 is 11.3 Å². The number of thiophene rings is 1. The van der Waals surface area contributed by atoms with Crippen LogP contribution in [0.25, 0.3) is 10.1 Å². The highest BCUT2D eigenvalue weighted by molar-refractivity contribution is 7.17. The zero-order valence-corrected chi connectivity index (χ0v) is 15.5. The fourth-order valence-corrected chi connectivity index (χ4v) is 4.68. The molecule has 2 amide bonds. The van der Waals surface area contributed by atoms with Gasteiger partial charge >= 0.3 is 0 Å². The molecule has 2 unspecified atom stereocenters. The molecule has 2 atom stereocenters. The molecule has 1 aliphatic heterocycles. The van der Waals surface area contributed by atoms with E-state index in [4.69, 9.17) is 5.21 Å². The lowest BCUT2D eigenvalue weighted by molar-refractivity contribution is 0.0705. The zero-order valence-electron chi connectivity index (χ0n) is 14.7. The summed E-state index contributed by atoms with van der Waals surface area (Å²) in [6, 6.07) is 8.00. The molecule has 1 aliphatic carbocycles. The van der Waals surface area contributed by atoms with Gasteiger partial charge in [0.1, 0.15) is 0 Å². The van der Waals surface area contributed by atoms with E-state index in [0.29, 0.717) is 23.3 Å². The quantitative estimate of drug-likeness (QED) is 0.458. The van der Waals surface area contributed by atoms with Crippen LogP contribution in [-0.2, 0) is 0 Å². The first-order valence-electron chi connectivity index (χ1n) is 8.93. The Balaban J connectivity index is 1.19. The summed E-state index contributed by atoms with van der Waals surface area (Å²) in [7, 11) is 0. The standard InChI is InChI=1S/C19H17N5O3S/c25-17(11-1-2-15-10(5-11)3-4-28-15)22-16-13-8-24(9-14(13)16)19-20-6-12(7-21-19)18(26)23-27/h1-7,13-14,16,27H,8-9H2,(H,22,25)(H,23,26). The molecule has 2 fully saturated rings. The molecule has 1 saturated heterocycles. The van der Waals surface area contributed by atoms with E-state index in [1.165, 1.54) is 17.1 Å². The van der Waals surface area contributed by atoms with Crippen LogP contribution < -0.4 is 15.7 Å². The van der Waals surface area contributed by atoms with Crippen LogP contribution in [-0.4, -0.2) is 46.1 Å². The van der Waals surface area contributed by atoms with Gasteiger partial charge in [-0.05, 0) is 35.0 Å². The molecule has 0 bridgehead atoms. The van der Waals surface area contributed by atoms with Crippen molar-refractivity contribution < 1.29 is 14.8 Å². The number of aromatic nitrogens is 2. The van der Waals surface area contributed by atoms with E-state index >= 15 is 0 Å². The number of fused-ring (bicyclic) bond motifs is 2. The van der Waals surface area contributed by atoms with Crippen molar-refractivity contribution >= 4 is 39.2 Å². The van der Waals surface area contributed by atoms with E-state index in [9.17, 15) is 9.59 Å². The van der Waals surface area contributed by atoms with Crippen molar-refractivity contribution in [2.45, 2.75) is 6.04 Å². The second kappa shape index (κ2) is 6.54. The van der Waals surface area contributed by atoms with Crippen molar-refractivity contribution in [2.24, 2.45) is 11.8 Å². The van der Waals surface area contributed by atoms with Gasteiger partial charge in [-0.25, -0.2) is 15.4 Å². The summed E-state index contributed by atoms with van der Waals surface area (Å²) < 4.78 is 1.18. The molecule has 1 saturated carbocycles. The summed E-state index contributed by atoms with van der Waals surface area (Å²) >= 11 is 1.67. The van der Waals surface area contributed by atoms with Crippen LogP contribution in [0.5, 0.6) is 0 Å². The molecule has 3 N–H and O–H groups in total. The maximum atomic E-state index is 12.6. The predicted molar refractivity (Wildman–Crippen MR) is 104 cm³/mol. The Bertz CT molecular complexity index is 1050. The fourth-order valence-electron chi connectivity index (χ4n) is 3.91. The number of rotatable bonds is 4. The molecule has 8 nitrogen and oxygen atoms in total. The molecule has 1 aromatic carbocycles. The number of nitrogens with one attached hydrogen (secondary N) is 2. The van der Waals surface area contributed by atoms with Crippen molar-refractivity contribution in [1.82, 2.24) is 20.8 Å². The van der Waals surface area contributed by atoms with Gasteiger partial charge in [0, 0.05) is 53.6 Å². The Hall–Kier alpha value is -3.04. The van der Waals surface area contributed by atoms with Crippen molar-refractivity contribution in [3.63, 3.8) is 0 Å². The molecule has 0 radical (unpaired) electrons. The minimum atomic E-state index is -0.640. The number of hydrogen-bond acceptors (Lipinski definition) is 7. The third kappa shape index (κ3) is 2.88. The summed E-state index contributed by atoms with van der Waals surface area (Å²) in [5.74, 6) is 0.652. The Kier molecular flexibility index (Phi) is 3.99. The Morgan fingerprint density at radius 3 is 2.54 bits per heavy atom. The summed E-state index contributed by atoms with van der Waals surface area (Å²) in [4.78, 5) is 34.3. The van der Waals surface area contributed by atoms with Crippen LogP contribution in [0.1, 0.15) is 20.7 Å². The Morgan fingerprint density at radius 1 is 1.07 bits per heavy atom. The maximum Gasteiger partial charge on any atom is 0.277 e. The first-order chi connectivity index (χ1) is 13.6. The second-order valence-corrected chi connectivity index (χ2v) is 8.07. The van der Waals surface area contributed by atoms with Crippen LogP contribution in [0.15, 0.2) is 42.0 Å². The van der Waals surface area contributed by atoms with Gasteiger partial charge in [0.25, 0.3) is 11.8 Å². The van der Waals surface area contributed by atoms with Crippen molar-refractivity contribution in [1.29, 1.82) is 0 Å². The number of piperidine rings is 1. The van der Waals surface area contributed by atoms with E-state index in [1.807, 2.05) is 29.6 Å². The number of benzene rings is 1. The van der Waals surface area contributed by atoms with Crippen molar-refractivity contribution in [3.05, 3.63) is 53.2 Å². The van der Waals surface area contributed by atoms with Gasteiger partial charge in [-0.15, -0.1) is 11.3 Å². The van der Waals surface area contributed by atoms with Gasteiger partial charge in [-0.2, -0.15) is 0 Å². The van der Waals surface area contributed by atoms with Crippen LogP contribution in [0.2, 0.25) is 0 Å². The lowest BCUT2D eigenvalue weighted by Gasteiger charge is -2.20. The molecule has 3 heterocycles. The largest absolute Gasteiger partial charge is 0.349 e. The number of hydrogen-bond donors (Lipinski definition) is 3. The third-order valence-corrected chi connectivity index (χ3v) is 6.39. The highest BCUT2D eigenvalue weighted by Crippen LogP contribution is 2.46. The van der Waals surface area contributed by atoms with Crippen molar-refractivity contribution in [3.8, 4) is 0 Å². The smallest absolute Gasteiger partial charge is 0.277 e. The minimum absolute atomic E-state index is 0.0327. The third-order valence-electron chi connectivity index (χ3n) is 5.49. The van der Waals surface area contributed by atoms with E-state index in [0.717, 1.165) is 18.5 Å². The lowest BCUT2D eigenvalue weighted by Crippen LogP contribution is -2.35. The second-order valence-electron chi connectivity index (χ2n) is 7.12. The number of carbonyl (C=O) groups is 2. The van der Waals surface area contributed by atoms with Gasteiger partial charge < -0.3 is 10.2 Å². The number of anilines is 1. The zero-order chi connectivity index (χ0) is 19.3. The average molecular weight is 395 g/mol. The molecule has 3 aromatic rings. The molecule has 142 valence electrons. The van der Waals surface area contributed by atoms with Crippen molar-refractivity contribution in [2.75, 3.05) is 18.0 Å². The van der Waals surface area contributed by atoms with Crippen LogP contribution in [0, 0.1) is 11.8 Å². The van der Waals surface area contributed by atoms with Gasteiger partial charge in [-0.3, -0.25) is 14.8 Å². The topological polar surface area (TPSA) is 107 Å². The molecule has 2 aromatic heterocycles. The summed E-state index contributed by atoms with van der Waals surface area (Å²) in [6.45, 7) is 1.54. The highest BCUT2D eigenvalue weighted by atomic mass is 32.1. The lowest BCUT2D eigenvalue weighted by atomic mass is 10.1. The average Bonchev–Trinajstić information content (AvgIpc) is 3.12. The van der Waals surface area contributed by atoms with Crippen LogP contribution in [0.3, 0.4) is 0 Å². The summed E-state index contributed by atoms with van der Waals surface area (Å²) in [5.41, 5.74) is 2.44. The van der Waals surface area contributed by atoms with Gasteiger partial charge in [0.2, 0.25) is 5.95 Å². The number of carbonyl (C=O) groups excluding carboxylic acids is 2. The maximum absolute atomic E-state index is 12.6. The first-order valence-corrected chi connectivity index (χ1v) is 9.81. The van der Waals surface area contributed by atoms with E-state index in [-0.39, 0.29) is 17.5 Å². The first kappa shape index (κ1) is 17.1. The van der Waals surface area contributed by atoms with Gasteiger partial charge in [0.05, 0.1) is 5.56 Å². The molecular formula is C19H17N5O3S. The Labute approximate surface area is 164 Å². The molecule has 2 aliphatic rings. The normalized spacial score (nSPS) is 22.8. The molecule has 0 spiro atoms. The predicted octanol–water partition coefficient (Wildman–Crippen LogP) is 1.67. The molecule has 28 heavy (non-hydrogen) atoms. The molecule has 9 heteroatoms. The number of hydroxylamine groups is 1. The van der Waals surface area contributed by atoms with E-state index in [2.05, 4.69) is 20.2 Å². The molecule has 5 rings (SSSR count). The monoisotopic (exact) mass is 395 g/mol. The summed E-state index contributed by atoms with van der Waals surface area (Å²) in [5, 5.41) is 14.9. The highest BCUT2D eigenvalue weighted by Gasteiger charge is 2.57. The van der Waals surface area contributed by atoms with E-state index < -0.39 is 5.91 Å². The Morgan fingerprint density at radius 2 is 1.82 bits per heavy atom. The SMILES string of the molecule is O=C(NO)c1cnc(N2CC3C(C2)C3NC(=O)c2ccc3sccc3c2)nc1. The van der Waals surface area contributed by atoms with Gasteiger partial charge in [0.15, 0.2) is 0 Å². The fraction of sp³-hybridized carbons (Fsp3) is 0.263.